The summed E-state index contributed by atoms with van der Waals surface area (Å²) in [5, 5.41) is 0.657. The molecule has 1 aliphatic heterocycles. The summed E-state index contributed by atoms with van der Waals surface area (Å²) < 4.78 is 0. The van der Waals surface area contributed by atoms with Crippen LogP contribution >= 0.6 is 11.6 Å². The minimum Gasteiger partial charge on any atom is -0.331 e. The van der Waals surface area contributed by atoms with E-state index in [1.54, 1.807) is 31.1 Å². The highest BCUT2D eigenvalue weighted by atomic mass is 35.5. The fourth-order valence-corrected chi connectivity index (χ4v) is 3.52. The van der Waals surface area contributed by atoms with Crippen molar-refractivity contribution < 1.29 is 9.59 Å². The number of halogens is 1. The lowest BCUT2D eigenvalue weighted by atomic mass is 9.83. The number of amides is 2. The Balaban J connectivity index is 2.01. The van der Waals surface area contributed by atoms with Crippen LogP contribution in [0.5, 0.6) is 0 Å². The van der Waals surface area contributed by atoms with Crippen molar-refractivity contribution in [1.82, 2.24) is 9.80 Å². The van der Waals surface area contributed by atoms with E-state index in [4.69, 9.17) is 11.6 Å². The van der Waals surface area contributed by atoms with E-state index >= 15 is 0 Å². The second-order valence-corrected chi connectivity index (χ2v) is 6.44. The Hall–Kier alpha value is -1.81. The van der Waals surface area contributed by atoms with E-state index in [2.05, 4.69) is 0 Å². The molecule has 116 valence electrons. The molecule has 0 spiro atoms. The lowest BCUT2D eigenvalue weighted by molar-refractivity contribution is -0.114. The summed E-state index contributed by atoms with van der Waals surface area (Å²) in [4.78, 5) is 28.2. The van der Waals surface area contributed by atoms with Gasteiger partial charge in [0.1, 0.15) is 0 Å². The summed E-state index contributed by atoms with van der Waals surface area (Å²) >= 11 is 5.94. The van der Waals surface area contributed by atoms with Crippen LogP contribution in [-0.4, -0.2) is 48.3 Å². The number of urea groups is 1. The summed E-state index contributed by atoms with van der Waals surface area (Å²) in [5.74, 6) is 0.174. The number of allylic oxidation sites excluding steroid dienone is 1. The molecule has 5 heteroatoms. The van der Waals surface area contributed by atoms with Crippen LogP contribution in [0.4, 0.5) is 4.79 Å². The number of likely N-dealkylation sites (tertiary alicyclic amines) is 1. The Morgan fingerprint density at radius 3 is 2.55 bits per heavy atom. The Bertz CT molecular complexity index is 649. The van der Waals surface area contributed by atoms with Gasteiger partial charge in [-0.15, -0.1) is 0 Å². The largest absolute Gasteiger partial charge is 0.331 e. The standard InChI is InChI=1S/C17H19ClN2O2/c1-19(2)17(22)20-10-9-13-14(20)7-8-15(21)16(13)11-3-5-12(18)6-4-11/h3-6,14H,7-10H2,1-2H3. The molecule has 1 heterocycles. The molecule has 2 aliphatic rings. The maximum Gasteiger partial charge on any atom is 0.319 e. The van der Waals surface area contributed by atoms with Gasteiger partial charge >= 0.3 is 6.03 Å². The monoisotopic (exact) mass is 318 g/mol. The molecule has 1 aromatic rings. The molecule has 2 amide bonds. The second-order valence-electron chi connectivity index (χ2n) is 6.01. The maximum atomic E-state index is 12.4. The highest BCUT2D eigenvalue weighted by molar-refractivity contribution is 6.30. The molecule has 4 nitrogen and oxygen atoms in total. The molecule has 0 saturated carbocycles. The zero-order chi connectivity index (χ0) is 15.9. The van der Waals surface area contributed by atoms with Gasteiger partial charge in [-0.25, -0.2) is 4.79 Å². The number of nitrogens with zero attached hydrogens (tertiary/aromatic N) is 2. The lowest BCUT2D eigenvalue weighted by Gasteiger charge is -2.31. The van der Waals surface area contributed by atoms with Crippen molar-refractivity contribution in [3.05, 3.63) is 40.4 Å². The number of carbonyl (C=O) groups excluding carboxylic acids is 2. The Labute approximate surface area is 135 Å². The van der Waals surface area contributed by atoms with Crippen molar-refractivity contribution in [3.8, 4) is 0 Å². The molecule has 1 fully saturated rings. The number of carbonyl (C=O) groups is 2. The van der Waals surface area contributed by atoms with Crippen LogP contribution in [0.1, 0.15) is 24.8 Å². The molecule has 0 N–H and O–H groups in total. The van der Waals surface area contributed by atoms with Crippen LogP contribution in [-0.2, 0) is 4.79 Å². The van der Waals surface area contributed by atoms with Crippen molar-refractivity contribution in [2.75, 3.05) is 20.6 Å². The lowest BCUT2D eigenvalue weighted by Crippen LogP contribution is -2.43. The Kier molecular flexibility index (Phi) is 3.96. The molecular weight excluding hydrogens is 300 g/mol. The van der Waals surface area contributed by atoms with E-state index < -0.39 is 0 Å². The number of benzene rings is 1. The van der Waals surface area contributed by atoms with Gasteiger partial charge in [-0.1, -0.05) is 23.7 Å². The minimum absolute atomic E-state index is 0.0183. The van der Waals surface area contributed by atoms with E-state index in [1.165, 1.54) is 0 Å². The van der Waals surface area contributed by atoms with Gasteiger partial charge in [0.15, 0.2) is 5.78 Å². The third kappa shape index (κ3) is 2.52. The zero-order valence-electron chi connectivity index (χ0n) is 12.8. The topological polar surface area (TPSA) is 40.6 Å². The predicted octanol–water partition coefficient (Wildman–Crippen LogP) is 3.21. The van der Waals surface area contributed by atoms with Crippen molar-refractivity contribution in [3.63, 3.8) is 0 Å². The van der Waals surface area contributed by atoms with Gasteiger partial charge in [-0.05, 0) is 36.1 Å². The van der Waals surface area contributed by atoms with Crippen LogP contribution in [0.3, 0.4) is 0 Å². The molecule has 1 atom stereocenters. The molecule has 1 aliphatic carbocycles. The molecule has 1 saturated heterocycles. The fourth-order valence-electron chi connectivity index (χ4n) is 3.39. The van der Waals surface area contributed by atoms with E-state index in [1.807, 2.05) is 17.0 Å². The van der Waals surface area contributed by atoms with Gasteiger partial charge in [-0.2, -0.15) is 0 Å². The molecule has 0 radical (unpaired) electrons. The molecular formula is C17H19ClN2O2. The summed E-state index contributed by atoms with van der Waals surface area (Å²) in [6.07, 6.45) is 1.99. The summed E-state index contributed by atoms with van der Waals surface area (Å²) in [7, 11) is 3.52. The smallest absolute Gasteiger partial charge is 0.319 e. The van der Waals surface area contributed by atoms with Crippen LogP contribution in [0, 0.1) is 0 Å². The average Bonchev–Trinajstić information content (AvgIpc) is 2.91. The maximum absolute atomic E-state index is 12.4. The number of fused-ring (bicyclic) bond motifs is 1. The first-order valence-electron chi connectivity index (χ1n) is 7.49. The van der Waals surface area contributed by atoms with Gasteiger partial charge in [0.2, 0.25) is 0 Å². The molecule has 3 rings (SSSR count). The van der Waals surface area contributed by atoms with E-state index in [0.29, 0.717) is 18.0 Å². The van der Waals surface area contributed by atoms with Crippen LogP contribution in [0.2, 0.25) is 5.02 Å². The first kappa shape index (κ1) is 15.1. The number of Topliss-reactive ketones (excluding diaryl/α,β-unsaturated/α-hetero) is 1. The van der Waals surface area contributed by atoms with Crippen molar-refractivity contribution in [2.24, 2.45) is 0 Å². The normalized spacial score (nSPS) is 21.1. The van der Waals surface area contributed by atoms with Gasteiger partial charge < -0.3 is 9.80 Å². The number of rotatable bonds is 1. The molecule has 1 unspecified atom stereocenters. The highest BCUT2D eigenvalue weighted by Crippen LogP contribution is 2.39. The third-order valence-corrected chi connectivity index (χ3v) is 4.66. The quantitative estimate of drug-likeness (QED) is 0.797. The SMILES string of the molecule is CN(C)C(=O)N1CCC2=C(c3ccc(Cl)cc3)C(=O)CCC21. The molecule has 0 bridgehead atoms. The molecule has 1 aromatic carbocycles. The van der Waals surface area contributed by atoms with Gasteiger partial charge in [0.25, 0.3) is 0 Å². The van der Waals surface area contributed by atoms with Crippen molar-refractivity contribution in [1.29, 1.82) is 0 Å². The predicted molar refractivity (Wildman–Crippen MR) is 86.8 cm³/mol. The summed E-state index contributed by atoms with van der Waals surface area (Å²) in [6, 6.07) is 7.46. The van der Waals surface area contributed by atoms with Crippen LogP contribution in [0.15, 0.2) is 29.8 Å². The van der Waals surface area contributed by atoms with Gasteiger partial charge in [0, 0.05) is 37.7 Å². The first-order valence-corrected chi connectivity index (χ1v) is 7.87. The van der Waals surface area contributed by atoms with Gasteiger partial charge in [-0.3, -0.25) is 4.79 Å². The van der Waals surface area contributed by atoms with Crippen molar-refractivity contribution in [2.45, 2.75) is 25.3 Å². The highest BCUT2D eigenvalue weighted by Gasteiger charge is 2.39. The summed E-state index contributed by atoms with van der Waals surface area (Å²) in [5.41, 5.74) is 2.81. The number of ketones is 1. The van der Waals surface area contributed by atoms with Crippen LogP contribution in [0.25, 0.3) is 5.57 Å². The molecule has 22 heavy (non-hydrogen) atoms. The van der Waals surface area contributed by atoms with Crippen molar-refractivity contribution >= 4 is 29.0 Å². The molecule has 0 aromatic heterocycles. The average molecular weight is 319 g/mol. The fraction of sp³-hybridized carbons (Fsp3) is 0.412. The summed E-state index contributed by atoms with van der Waals surface area (Å²) in [6.45, 7) is 0.682. The third-order valence-electron chi connectivity index (χ3n) is 4.41. The zero-order valence-corrected chi connectivity index (χ0v) is 13.6. The minimum atomic E-state index is 0.0183. The Morgan fingerprint density at radius 1 is 1.23 bits per heavy atom. The van der Waals surface area contributed by atoms with E-state index in [0.717, 1.165) is 29.6 Å². The van der Waals surface area contributed by atoms with E-state index in [9.17, 15) is 9.59 Å². The van der Waals surface area contributed by atoms with Gasteiger partial charge in [0.05, 0.1) is 6.04 Å². The first-order chi connectivity index (χ1) is 10.5. The number of hydrogen-bond donors (Lipinski definition) is 0. The van der Waals surface area contributed by atoms with E-state index in [-0.39, 0.29) is 17.9 Å². The Morgan fingerprint density at radius 2 is 1.91 bits per heavy atom. The van der Waals surface area contributed by atoms with Crippen LogP contribution < -0.4 is 0 Å². The second kappa shape index (κ2) is 5.76. The number of hydrogen-bond acceptors (Lipinski definition) is 2.